The average molecular weight is 536 g/mol. The molecular weight excluding hydrogens is 510 g/mol. The van der Waals surface area contributed by atoms with Crippen LogP contribution in [0.3, 0.4) is 0 Å². The van der Waals surface area contributed by atoms with Gasteiger partial charge in [-0.2, -0.15) is 0 Å². The van der Waals surface area contributed by atoms with Crippen LogP contribution in [-0.4, -0.2) is 27.1 Å². The number of thioether (sulfide) groups is 1. The van der Waals surface area contributed by atoms with Gasteiger partial charge in [-0.05, 0) is 67.6 Å². The molecular formula is C30H25N5O3S. The number of para-hydroxylation sites is 2. The molecule has 0 fully saturated rings. The first-order valence-electron chi connectivity index (χ1n) is 12.2. The van der Waals surface area contributed by atoms with Crippen LogP contribution >= 0.6 is 11.8 Å². The van der Waals surface area contributed by atoms with Crippen molar-refractivity contribution in [2.24, 2.45) is 0 Å². The van der Waals surface area contributed by atoms with E-state index in [0.717, 1.165) is 11.3 Å². The summed E-state index contributed by atoms with van der Waals surface area (Å²) in [5.74, 6) is -0.524. The minimum atomic E-state index is -0.302. The van der Waals surface area contributed by atoms with Gasteiger partial charge >= 0.3 is 0 Å². The Labute approximate surface area is 229 Å². The molecule has 1 heterocycles. The third-order valence-electron chi connectivity index (χ3n) is 5.89. The van der Waals surface area contributed by atoms with Gasteiger partial charge in [0.1, 0.15) is 0 Å². The van der Waals surface area contributed by atoms with E-state index in [-0.39, 0.29) is 23.1 Å². The maximum absolute atomic E-state index is 13.4. The number of amides is 2. The summed E-state index contributed by atoms with van der Waals surface area (Å²) in [7, 11) is 0. The molecule has 4 aromatic carbocycles. The molecule has 194 valence electrons. The number of aromatic nitrogens is 2. The first-order chi connectivity index (χ1) is 19.0. The molecule has 0 radical (unpaired) electrons. The van der Waals surface area contributed by atoms with Gasteiger partial charge in [0.15, 0.2) is 5.16 Å². The van der Waals surface area contributed by atoms with Gasteiger partial charge in [0.25, 0.3) is 11.5 Å². The number of hydrazine groups is 1. The van der Waals surface area contributed by atoms with Crippen molar-refractivity contribution in [2.45, 2.75) is 12.1 Å². The van der Waals surface area contributed by atoms with Crippen molar-refractivity contribution in [3.8, 4) is 5.69 Å². The molecule has 5 rings (SSSR count). The van der Waals surface area contributed by atoms with Gasteiger partial charge in [-0.15, -0.1) is 0 Å². The van der Waals surface area contributed by atoms with Gasteiger partial charge in [0, 0.05) is 11.3 Å². The van der Waals surface area contributed by atoms with Gasteiger partial charge in [0.05, 0.1) is 28.0 Å². The fourth-order valence-electron chi connectivity index (χ4n) is 3.89. The van der Waals surface area contributed by atoms with Gasteiger partial charge in [-0.25, -0.2) is 4.98 Å². The molecule has 0 aliphatic rings. The number of anilines is 2. The Morgan fingerprint density at radius 2 is 1.51 bits per heavy atom. The zero-order chi connectivity index (χ0) is 27.2. The van der Waals surface area contributed by atoms with Crippen LogP contribution < -0.4 is 21.7 Å². The maximum atomic E-state index is 13.4. The second-order valence-electron chi connectivity index (χ2n) is 8.75. The van der Waals surface area contributed by atoms with Gasteiger partial charge in [-0.1, -0.05) is 59.8 Å². The monoisotopic (exact) mass is 535 g/mol. The van der Waals surface area contributed by atoms with Crippen LogP contribution in [-0.2, 0) is 4.79 Å². The van der Waals surface area contributed by atoms with E-state index in [1.165, 1.54) is 16.3 Å². The lowest BCUT2D eigenvalue weighted by Crippen LogP contribution is -2.29. The molecule has 9 heteroatoms. The third-order valence-corrected chi connectivity index (χ3v) is 6.83. The van der Waals surface area contributed by atoms with E-state index in [1.807, 2.05) is 67.6 Å². The van der Waals surface area contributed by atoms with Gasteiger partial charge in [0.2, 0.25) is 5.91 Å². The molecule has 0 saturated heterocycles. The molecule has 39 heavy (non-hydrogen) atoms. The number of hydrogen-bond acceptors (Lipinski definition) is 6. The number of fused-ring (bicyclic) bond motifs is 1. The summed E-state index contributed by atoms with van der Waals surface area (Å²) in [6.07, 6.45) is 0. The van der Waals surface area contributed by atoms with E-state index >= 15 is 0 Å². The summed E-state index contributed by atoms with van der Waals surface area (Å²) in [5.41, 5.74) is 9.39. The van der Waals surface area contributed by atoms with Crippen LogP contribution in [0.25, 0.3) is 16.6 Å². The molecule has 0 bridgehead atoms. The summed E-state index contributed by atoms with van der Waals surface area (Å²) in [6, 6.07) is 30.6. The number of aryl methyl sites for hydroxylation is 1. The Bertz CT molecular complexity index is 1690. The zero-order valence-electron chi connectivity index (χ0n) is 21.0. The fraction of sp³-hybridized carbons (Fsp3) is 0.0667. The highest BCUT2D eigenvalue weighted by atomic mass is 32.2. The number of rotatable bonds is 8. The lowest BCUT2D eigenvalue weighted by Gasteiger charge is -2.13. The van der Waals surface area contributed by atoms with E-state index in [9.17, 15) is 14.4 Å². The lowest BCUT2D eigenvalue weighted by molar-refractivity contribution is -0.113. The second kappa shape index (κ2) is 11.7. The molecule has 0 atom stereocenters. The van der Waals surface area contributed by atoms with Crippen molar-refractivity contribution in [1.29, 1.82) is 0 Å². The molecule has 5 aromatic rings. The highest BCUT2D eigenvalue weighted by Gasteiger charge is 2.15. The number of nitrogens with zero attached hydrogens (tertiary/aromatic N) is 2. The largest absolute Gasteiger partial charge is 0.325 e. The van der Waals surface area contributed by atoms with Crippen molar-refractivity contribution in [2.75, 3.05) is 16.5 Å². The minimum Gasteiger partial charge on any atom is -0.325 e. The van der Waals surface area contributed by atoms with Crippen LogP contribution in [0.15, 0.2) is 113 Å². The van der Waals surface area contributed by atoms with Crippen molar-refractivity contribution in [3.63, 3.8) is 0 Å². The number of carbonyl (C=O) groups is 2. The predicted octanol–water partition coefficient (Wildman–Crippen LogP) is 5.18. The topological polar surface area (TPSA) is 105 Å². The number of nitrogens with one attached hydrogen (secondary N) is 3. The summed E-state index contributed by atoms with van der Waals surface area (Å²) in [4.78, 5) is 43.2. The van der Waals surface area contributed by atoms with Crippen LogP contribution in [0, 0.1) is 6.92 Å². The van der Waals surface area contributed by atoms with Crippen molar-refractivity contribution >= 4 is 45.9 Å². The Morgan fingerprint density at radius 3 is 2.26 bits per heavy atom. The van der Waals surface area contributed by atoms with Crippen molar-refractivity contribution in [1.82, 2.24) is 15.0 Å². The minimum absolute atomic E-state index is 0.0415. The number of benzene rings is 4. The van der Waals surface area contributed by atoms with Crippen LogP contribution in [0.5, 0.6) is 0 Å². The van der Waals surface area contributed by atoms with E-state index in [4.69, 9.17) is 0 Å². The first-order valence-corrected chi connectivity index (χ1v) is 13.2. The number of carbonyl (C=O) groups excluding carboxylic acids is 2. The molecule has 0 saturated carbocycles. The van der Waals surface area contributed by atoms with E-state index in [0.29, 0.717) is 33.0 Å². The SMILES string of the molecule is Cc1ccc(-n2c(SCC(=O)Nc3ccc(C(=O)NNc4ccccc4)cc3)nc3ccccc3c2=O)cc1. The molecule has 0 aliphatic heterocycles. The summed E-state index contributed by atoms with van der Waals surface area (Å²) in [5, 5.41) is 3.77. The van der Waals surface area contributed by atoms with Crippen molar-refractivity contribution in [3.05, 3.63) is 125 Å². The van der Waals surface area contributed by atoms with Crippen molar-refractivity contribution < 1.29 is 9.59 Å². The molecule has 2 amide bonds. The Kier molecular flexibility index (Phi) is 7.70. The van der Waals surface area contributed by atoms with E-state index in [1.54, 1.807) is 42.5 Å². The highest BCUT2D eigenvalue weighted by Crippen LogP contribution is 2.22. The van der Waals surface area contributed by atoms with Gasteiger partial charge in [-0.3, -0.25) is 29.8 Å². The molecule has 0 aliphatic carbocycles. The lowest BCUT2D eigenvalue weighted by atomic mass is 10.2. The second-order valence-corrected chi connectivity index (χ2v) is 9.69. The summed E-state index contributed by atoms with van der Waals surface area (Å²) < 4.78 is 1.54. The zero-order valence-corrected chi connectivity index (χ0v) is 21.9. The first kappa shape index (κ1) is 25.7. The Morgan fingerprint density at radius 1 is 0.821 bits per heavy atom. The average Bonchev–Trinajstić information content (AvgIpc) is 2.96. The molecule has 8 nitrogen and oxygen atoms in total. The highest BCUT2D eigenvalue weighted by molar-refractivity contribution is 7.99. The predicted molar refractivity (Wildman–Crippen MR) is 155 cm³/mol. The van der Waals surface area contributed by atoms with Crippen LogP contribution in [0.1, 0.15) is 15.9 Å². The fourth-order valence-corrected chi connectivity index (χ4v) is 4.70. The normalized spacial score (nSPS) is 10.7. The molecule has 1 aromatic heterocycles. The maximum Gasteiger partial charge on any atom is 0.269 e. The van der Waals surface area contributed by atoms with Gasteiger partial charge < -0.3 is 5.32 Å². The Hall–Kier alpha value is -4.89. The molecule has 0 unspecified atom stereocenters. The quantitative estimate of drug-likeness (QED) is 0.144. The van der Waals surface area contributed by atoms with E-state index in [2.05, 4.69) is 21.2 Å². The molecule has 3 N–H and O–H groups in total. The van der Waals surface area contributed by atoms with Crippen LogP contribution in [0.2, 0.25) is 0 Å². The standard InChI is InChI=1S/C30H25N5O3S/c1-20-11-17-24(18-12-20)35-29(38)25-9-5-6-10-26(25)32-30(35)39-19-27(36)31-22-15-13-21(14-16-22)28(37)34-33-23-7-3-2-4-8-23/h2-18,33H,19H2,1H3,(H,31,36)(H,34,37). The number of hydrogen-bond donors (Lipinski definition) is 3. The smallest absolute Gasteiger partial charge is 0.269 e. The molecule has 0 spiro atoms. The summed E-state index contributed by atoms with van der Waals surface area (Å²) >= 11 is 1.18. The summed E-state index contributed by atoms with van der Waals surface area (Å²) in [6.45, 7) is 1.98. The van der Waals surface area contributed by atoms with Crippen LogP contribution in [0.4, 0.5) is 11.4 Å². The van der Waals surface area contributed by atoms with E-state index < -0.39 is 0 Å². The Balaban J connectivity index is 1.26. The third kappa shape index (κ3) is 6.16.